The van der Waals surface area contributed by atoms with Crippen molar-refractivity contribution in [1.29, 1.82) is 0 Å². The summed E-state index contributed by atoms with van der Waals surface area (Å²) in [5.74, 6) is -3.20. The van der Waals surface area contributed by atoms with E-state index in [0.29, 0.717) is 5.56 Å². The third-order valence-electron chi connectivity index (χ3n) is 9.51. The topological polar surface area (TPSA) is 301 Å². The summed E-state index contributed by atoms with van der Waals surface area (Å²) in [6.07, 6.45) is -14.9. The molecule has 6 rings (SSSR count). The number of phenols is 3. The van der Waals surface area contributed by atoms with Crippen LogP contribution in [-0.4, -0.2) is 147 Å². The number of rotatable bonds is 13. The monoisotopic (exact) mass is 843 g/mol. The molecule has 1 aromatic heterocycles. The molecule has 2 fully saturated rings. The molecule has 4 aromatic rings. The van der Waals surface area contributed by atoms with Crippen LogP contribution in [0.3, 0.4) is 0 Å². The Morgan fingerprint density at radius 1 is 0.667 bits per heavy atom. The highest BCUT2D eigenvalue weighted by atomic mass is 16.7. The van der Waals surface area contributed by atoms with E-state index >= 15 is 0 Å². The molecule has 3 heterocycles. The Balaban J connectivity index is 1.36. The molecule has 0 radical (unpaired) electrons. The van der Waals surface area contributed by atoms with Crippen molar-refractivity contribution in [1.82, 2.24) is 0 Å². The van der Waals surface area contributed by atoms with E-state index in [1.165, 1.54) is 56.7 Å². The Labute approximate surface area is 340 Å². The van der Waals surface area contributed by atoms with Crippen LogP contribution in [0.2, 0.25) is 0 Å². The fourth-order valence-electron chi connectivity index (χ4n) is 6.30. The molecule has 0 unspecified atom stereocenters. The average molecular weight is 844 g/mol. The van der Waals surface area contributed by atoms with Gasteiger partial charge >= 0.3 is 23.3 Å². The summed E-state index contributed by atoms with van der Waals surface area (Å²) in [4.78, 5) is 24.0. The van der Waals surface area contributed by atoms with Crippen molar-refractivity contribution in [3.8, 4) is 51.6 Å². The van der Waals surface area contributed by atoms with Crippen LogP contribution in [0.15, 0.2) is 65.1 Å². The van der Waals surface area contributed by atoms with Gasteiger partial charge in [0.2, 0.25) is 24.1 Å². The molecule has 322 valence electrons. The van der Waals surface area contributed by atoms with Gasteiger partial charge in [-0.3, -0.25) is 4.79 Å². The van der Waals surface area contributed by atoms with E-state index in [0.717, 1.165) is 19.1 Å². The molecular weight excluding hydrogens is 800 g/mol. The zero-order chi connectivity index (χ0) is 43.4. The van der Waals surface area contributed by atoms with Crippen molar-refractivity contribution in [2.24, 2.45) is 0 Å². The summed E-state index contributed by atoms with van der Waals surface area (Å²) >= 11 is 0. The molecule has 0 saturated carbocycles. The highest BCUT2D eigenvalue weighted by molar-refractivity contribution is 5.89. The van der Waals surface area contributed by atoms with Crippen molar-refractivity contribution in [3.63, 3.8) is 0 Å². The zero-order valence-corrected chi connectivity index (χ0v) is 32.1. The SMILES string of the molecule is COc1cc(-c2[o+]c3cc(O)cc(O[C@@H]4O[C@H](COC(C)=O)[C@@H](O)[C@H](O)[C@H]4O)c3cc2O[C@@H]2O[C@H](COC(=O)C=Cc3ccc(O)cc3)[C@@H](O)[C@H](O)[C@H]2O)cc(OC)c1O. The van der Waals surface area contributed by atoms with Gasteiger partial charge in [0.05, 0.1) is 25.8 Å². The summed E-state index contributed by atoms with van der Waals surface area (Å²) in [5.41, 5.74) is 0.584. The van der Waals surface area contributed by atoms with Crippen molar-refractivity contribution in [2.45, 2.75) is 68.3 Å². The van der Waals surface area contributed by atoms with Gasteiger partial charge in [-0.1, -0.05) is 12.1 Å². The Morgan fingerprint density at radius 2 is 1.22 bits per heavy atom. The summed E-state index contributed by atoms with van der Waals surface area (Å²) < 4.78 is 50.5. The molecule has 0 aliphatic carbocycles. The highest BCUT2D eigenvalue weighted by Gasteiger charge is 2.48. The van der Waals surface area contributed by atoms with E-state index in [1.54, 1.807) is 12.1 Å². The van der Waals surface area contributed by atoms with Gasteiger partial charge in [0.15, 0.2) is 11.5 Å². The Morgan fingerprint density at radius 3 is 1.77 bits per heavy atom. The number of hydrogen-bond acceptors (Lipinski definition) is 19. The van der Waals surface area contributed by atoms with Crippen molar-refractivity contribution < 1.29 is 97.9 Å². The first-order valence-electron chi connectivity index (χ1n) is 18.2. The number of benzene rings is 3. The number of aliphatic hydroxyl groups is 6. The lowest BCUT2D eigenvalue weighted by molar-refractivity contribution is -0.278. The third kappa shape index (κ3) is 9.56. The maximum Gasteiger partial charge on any atom is 0.402 e. The van der Waals surface area contributed by atoms with Crippen LogP contribution < -0.4 is 18.9 Å². The summed E-state index contributed by atoms with van der Waals surface area (Å²) in [6.45, 7) is -0.0202. The highest BCUT2D eigenvalue weighted by Crippen LogP contribution is 2.46. The molecular formula is C40H43O20+. The summed E-state index contributed by atoms with van der Waals surface area (Å²) in [6, 6.07) is 12.2. The van der Waals surface area contributed by atoms with Gasteiger partial charge in [0.1, 0.15) is 84.7 Å². The maximum absolute atomic E-state index is 12.5. The molecule has 2 saturated heterocycles. The van der Waals surface area contributed by atoms with E-state index < -0.39 is 92.3 Å². The van der Waals surface area contributed by atoms with Gasteiger partial charge in [-0.15, -0.1) is 0 Å². The molecule has 0 amide bonds. The summed E-state index contributed by atoms with van der Waals surface area (Å²) in [7, 11) is 2.55. The number of methoxy groups -OCH3 is 2. The third-order valence-corrected chi connectivity index (χ3v) is 9.51. The molecule has 3 aromatic carbocycles. The number of phenolic OH excluding ortho intramolecular Hbond substituents is 3. The van der Waals surface area contributed by atoms with E-state index in [9.17, 15) is 55.5 Å². The minimum Gasteiger partial charge on any atom is -0.508 e. The summed E-state index contributed by atoms with van der Waals surface area (Å²) in [5, 5.41) is 95.4. The largest absolute Gasteiger partial charge is 0.508 e. The number of ether oxygens (including phenoxy) is 8. The zero-order valence-electron chi connectivity index (χ0n) is 32.1. The number of aliphatic hydroxyl groups excluding tert-OH is 6. The second-order valence-corrected chi connectivity index (χ2v) is 13.6. The predicted octanol–water partition coefficient (Wildman–Crippen LogP) is 0.707. The molecule has 0 spiro atoms. The lowest BCUT2D eigenvalue weighted by atomic mass is 9.99. The van der Waals surface area contributed by atoms with Crippen molar-refractivity contribution in [2.75, 3.05) is 27.4 Å². The number of esters is 2. The first-order valence-corrected chi connectivity index (χ1v) is 18.2. The fraction of sp³-hybridized carbons (Fsp3) is 0.375. The Kier molecular flexibility index (Phi) is 13.5. The smallest absolute Gasteiger partial charge is 0.402 e. The van der Waals surface area contributed by atoms with E-state index in [4.69, 9.17) is 42.3 Å². The number of carbonyl (C=O) groups is 2. The van der Waals surface area contributed by atoms with Crippen LogP contribution in [-0.2, 0) is 28.5 Å². The lowest BCUT2D eigenvalue weighted by Crippen LogP contribution is -2.60. The molecule has 60 heavy (non-hydrogen) atoms. The fourth-order valence-corrected chi connectivity index (χ4v) is 6.30. The van der Waals surface area contributed by atoms with Gasteiger partial charge in [-0.25, -0.2) is 9.21 Å². The van der Waals surface area contributed by atoms with E-state index in [1.807, 2.05) is 0 Å². The number of carbonyl (C=O) groups excluding carboxylic acids is 2. The average Bonchev–Trinajstić information content (AvgIpc) is 3.22. The van der Waals surface area contributed by atoms with Crippen LogP contribution in [0.5, 0.6) is 40.2 Å². The standard InChI is InChI=1S/C40H42O20/c1-17(41)54-15-28-32(46)34(48)36(50)39(59-28)57-24-13-21(43)12-23-22(24)14-27(38(56-23)19-10-25(52-2)31(45)26(11-19)53-3)58-40-37(51)35(49)33(47)29(60-40)16-55-30(44)9-6-18-4-7-20(42)8-5-18/h4-14,28-29,32-37,39-40,46-51H,15-16H2,1-3H3,(H2-,42,43,44,45)/p+1/t28-,29-,32-,33-,34+,35+,36-,37-,39-,40-/m1/s1. The maximum atomic E-state index is 12.5. The molecule has 0 bridgehead atoms. The van der Waals surface area contributed by atoms with Gasteiger partial charge < -0.3 is 83.9 Å². The quantitative estimate of drug-likeness (QED) is 0.0508. The normalized spacial score (nSPS) is 26.7. The first-order chi connectivity index (χ1) is 28.6. The van der Waals surface area contributed by atoms with Crippen LogP contribution >= 0.6 is 0 Å². The van der Waals surface area contributed by atoms with Crippen molar-refractivity contribution >= 4 is 29.0 Å². The molecule has 9 N–H and O–H groups in total. The minimum atomic E-state index is -1.93. The van der Waals surface area contributed by atoms with Gasteiger partial charge in [0, 0.05) is 37.3 Å². The van der Waals surface area contributed by atoms with Gasteiger partial charge in [-0.05, 0) is 23.8 Å². The number of hydrogen-bond donors (Lipinski definition) is 9. The van der Waals surface area contributed by atoms with Crippen LogP contribution in [0, 0.1) is 0 Å². The van der Waals surface area contributed by atoms with Crippen LogP contribution in [0.1, 0.15) is 12.5 Å². The second-order valence-electron chi connectivity index (χ2n) is 13.6. The minimum absolute atomic E-state index is 0.00557. The molecule has 20 nitrogen and oxygen atoms in total. The van der Waals surface area contributed by atoms with Gasteiger partial charge in [0.25, 0.3) is 0 Å². The van der Waals surface area contributed by atoms with Crippen molar-refractivity contribution in [3.05, 3.63) is 66.2 Å². The molecule has 10 atom stereocenters. The molecule has 2 aliphatic rings. The van der Waals surface area contributed by atoms with Crippen LogP contribution in [0.4, 0.5) is 0 Å². The number of aromatic hydroxyl groups is 3. The predicted molar refractivity (Wildman–Crippen MR) is 202 cm³/mol. The molecule has 2 aliphatic heterocycles. The van der Waals surface area contributed by atoms with E-state index in [-0.39, 0.29) is 56.8 Å². The molecule has 20 heteroatoms. The lowest BCUT2D eigenvalue weighted by Gasteiger charge is -2.40. The Bertz CT molecular complexity index is 2170. The second kappa shape index (κ2) is 18.5. The van der Waals surface area contributed by atoms with Gasteiger partial charge in [-0.2, -0.15) is 0 Å². The number of fused-ring (bicyclic) bond motifs is 1. The van der Waals surface area contributed by atoms with Crippen LogP contribution in [0.25, 0.3) is 28.4 Å². The Hall–Kier alpha value is -5.97. The van der Waals surface area contributed by atoms with E-state index in [2.05, 4.69) is 0 Å². The first kappa shape index (κ1) is 43.6.